The third-order valence-electron chi connectivity index (χ3n) is 5.10. The van der Waals surface area contributed by atoms with Gasteiger partial charge in [-0.1, -0.05) is 24.3 Å². The molecule has 4 rings (SSSR count). The number of anilines is 2. The second-order valence-electron chi connectivity index (χ2n) is 7.05. The Labute approximate surface area is 174 Å². The standard InChI is InChI=1S/C22H23N5O3/c1-26-19-11-12-27(22(29)24-16-9-6-10-17(13-16)30-2)14-18(19)20(25-26)21(28)23-15-7-4-3-5-8-15/h3-10,13H,11-12,14H2,1-2H3,(H,23,28)(H,24,29). The van der Waals surface area contributed by atoms with Crippen LogP contribution < -0.4 is 15.4 Å². The molecule has 0 fully saturated rings. The van der Waals surface area contributed by atoms with Gasteiger partial charge in [0, 0.05) is 48.7 Å². The van der Waals surface area contributed by atoms with Gasteiger partial charge in [-0.05, 0) is 24.3 Å². The summed E-state index contributed by atoms with van der Waals surface area (Å²) >= 11 is 0. The molecular weight excluding hydrogens is 382 g/mol. The van der Waals surface area contributed by atoms with Gasteiger partial charge < -0.3 is 20.3 Å². The summed E-state index contributed by atoms with van der Waals surface area (Å²) in [6.07, 6.45) is 0.628. The first-order chi connectivity index (χ1) is 14.5. The van der Waals surface area contributed by atoms with Gasteiger partial charge in [-0.25, -0.2) is 4.79 Å². The summed E-state index contributed by atoms with van der Waals surface area (Å²) in [7, 11) is 3.40. The van der Waals surface area contributed by atoms with Gasteiger partial charge in [0.25, 0.3) is 5.91 Å². The number of hydrogen-bond donors (Lipinski definition) is 2. The minimum Gasteiger partial charge on any atom is -0.497 e. The van der Waals surface area contributed by atoms with Crippen LogP contribution in [0.25, 0.3) is 0 Å². The summed E-state index contributed by atoms with van der Waals surface area (Å²) in [5.41, 5.74) is 3.44. The first-order valence-corrected chi connectivity index (χ1v) is 9.66. The number of rotatable bonds is 4. The van der Waals surface area contributed by atoms with E-state index in [4.69, 9.17) is 4.74 Å². The number of carbonyl (C=O) groups excluding carboxylic acids is 2. The predicted molar refractivity (Wildman–Crippen MR) is 114 cm³/mol. The van der Waals surface area contributed by atoms with Crippen molar-refractivity contribution in [1.29, 1.82) is 0 Å². The Morgan fingerprint density at radius 1 is 1.03 bits per heavy atom. The molecular formula is C22H23N5O3. The Morgan fingerprint density at radius 2 is 1.80 bits per heavy atom. The lowest BCUT2D eigenvalue weighted by atomic mass is 10.0. The average Bonchev–Trinajstić information content (AvgIpc) is 3.10. The van der Waals surface area contributed by atoms with Crippen LogP contribution in [0.5, 0.6) is 5.75 Å². The van der Waals surface area contributed by atoms with Crippen molar-refractivity contribution in [3.8, 4) is 5.75 Å². The van der Waals surface area contributed by atoms with Crippen LogP contribution in [-0.4, -0.2) is 40.3 Å². The van der Waals surface area contributed by atoms with Crippen molar-refractivity contribution in [1.82, 2.24) is 14.7 Å². The van der Waals surface area contributed by atoms with E-state index in [1.54, 1.807) is 28.8 Å². The number of aryl methyl sites for hydroxylation is 1. The van der Waals surface area contributed by atoms with Gasteiger partial charge in [0.1, 0.15) is 5.75 Å². The van der Waals surface area contributed by atoms with Crippen molar-refractivity contribution in [3.05, 3.63) is 71.5 Å². The summed E-state index contributed by atoms with van der Waals surface area (Å²) in [6, 6.07) is 16.2. The van der Waals surface area contributed by atoms with Crippen LogP contribution >= 0.6 is 0 Å². The molecule has 0 atom stereocenters. The number of nitrogens with one attached hydrogen (secondary N) is 2. The molecule has 8 heteroatoms. The van der Waals surface area contributed by atoms with Crippen LogP contribution in [0.15, 0.2) is 54.6 Å². The number of fused-ring (bicyclic) bond motifs is 1. The highest BCUT2D eigenvalue weighted by atomic mass is 16.5. The molecule has 2 heterocycles. The molecule has 1 aliphatic heterocycles. The molecule has 0 saturated carbocycles. The van der Waals surface area contributed by atoms with E-state index in [-0.39, 0.29) is 11.9 Å². The monoisotopic (exact) mass is 405 g/mol. The zero-order chi connectivity index (χ0) is 21.1. The maximum Gasteiger partial charge on any atom is 0.322 e. The van der Waals surface area contributed by atoms with Gasteiger partial charge >= 0.3 is 6.03 Å². The van der Waals surface area contributed by atoms with E-state index in [1.165, 1.54) is 0 Å². The SMILES string of the molecule is COc1cccc(NC(=O)N2CCc3c(c(C(=O)Nc4ccccc4)nn3C)C2)c1. The number of hydrogen-bond acceptors (Lipinski definition) is 4. The van der Waals surface area contributed by atoms with Crippen molar-refractivity contribution >= 4 is 23.3 Å². The molecule has 3 amide bonds. The molecule has 0 spiro atoms. The minimum absolute atomic E-state index is 0.229. The smallest absolute Gasteiger partial charge is 0.322 e. The third-order valence-corrected chi connectivity index (χ3v) is 5.10. The number of benzene rings is 2. The Hall–Kier alpha value is -3.81. The molecule has 1 aliphatic rings. The number of ether oxygens (including phenoxy) is 1. The number of amides is 3. The highest BCUT2D eigenvalue weighted by Crippen LogP contribution is 2.24. The van der Waals surface area contributed by atoms with Crippen LogP contribution in [0.2, 0.25) is 0 Å². The normalized spacial score (nSPS) is 12.8. The summed E-state index contributed by atoms with van der Waals surface area (Å²) in [5, 5.41) is 10.2. The first-order valence-electron chi connectivity index (χ1n) is 9.66. The highest BCUT2D eigenvalue weighted by molar-refractivity contribution is 6.04. The largest absolute Gasteiger partial charge is 0.497 e. The molecule has 0 saturated heterocycles. The molecule has 2 N–H and O–H groups in total. The Morgan fingerprint density at radius 3 is 2.57 bits per heavy atom. The zero-order valence-electron chi connectivity index (χ0n) is 16.9. The van der Waals surface area contributed by atoms with E-state index >= 15 is 0 Å². The number of methoxy groups -OCH3 is 1. The molecule has 0 unspecified atom stereocenters. The molecule has 154 valence electrons. The molecule has 30 heavy (non-hydrogen) atoms. The number of urea groups is 1. The lowest BCUT2D eigenvalue weighted by Gasteiger charge is -2.27. The quantitative estimate of drug-likeness (QED) is 0.697. The number of para-hydroxylation sites is 1. The Balaban J connectivity index is 1.51. The molecule has 0 aliphatic carbocycles. The zero-order valence-corrected chi connectivity index (χ0v) is 16.9. The molecule has 1 aromatic heterocycles. The van der Waals surface area contributed by atoms with Crippen LogP contribution in [0.3, 0.4) is 0 Å². The fourth-order valence-electron chi connectivity index (χ4n) is 3.56. The van der Waals surface area contributed by atoms with E-state index in [1.807, 2.05) is 49.5 Å². The maximum absolute atomic E-state index is 12.8. The van der Waals surface area contributed by atoms with Gasteiger partial charge in [0.2, 0.25) is 0 Å². The van der Waals surface area contributed by atoms with E-state index in [2.05, 4.69) is 15.7 Å². The van der Waals surface area contributed by atoms with Gasteiger partial charge in [-0.3, -0.25) is 9.48 Å². The summed E-state index contributed by atoms with van der Waals surface area (Å²) in [6.45, 7) is 0.860. The van der Waals surface area contributed by atoms with Crippen LogP contribution in [0, 0.1) is 0 Å². The van der Waals surface area contributed by atoms with Crippen molar-refractivity contribution < 1.29 is 14.3 Å². The van der Waals surface area contributed by atoms with E-state index in [9.17, 15) is 9.59 Å². The van der Waals surface area contributed by atoms with Crippen molar-refractivity contribution in [3.63, 3.8) is 0 Å². The van der Waals surface area contributed by atoms with E-state index in [0.29, 0.717) is 42.3 Å². The Bertz CT molecular complexity index is 1080. The fraction of sp³-hybridized carbons (Fsp3) is 0.227. The van der Waals surface area contributed by atoms with Crippen molar-refractivity contribution in [2.24, 2.45) is 7.05 Å². The van der Waals surface area contributed by atoms with Crippen molar-refractivity contribution in [2.75, 3.05) is 24.3 Å². The molecule has 8 nitrogen and oxygen atoms in total. The second-order valence-corrected chi connectivity index (χ2v) is 7.05. The molecule has 2 aromatic carbocycles. The fourth-order valence-corrected chi connectivity index (χ4v) is 3.56. The Kier molecular flexibility index (Phi) is 5.38. The van der Waals surface area contributed by atoms with Crippen molar-refractivity contribution in [2.45, 2.75) is 13.0 Å². The van der Waals surface area contributed by atoms with Gasteiger partial charge in [-0.15, -0.1) is 0 Å². The number of nitrogens with zero attached hydrogens (tertiary/aromatic N) is 3. The molecule has 0 radical (unpaired) electrons. The van der Waals surface area contributed by atoms with Gasteiger partial charge in [0.15, 0.2) is 5.69 Å². The summed E-state index contributed by atoms with van der Waals surface area (Å²) < 4.78 is 6.93. The molecule has 0 bridgehead atoms. The van der Waals surface area contributed by atoms with Crippen LogP contribution in [0.4, 0.5) is 16.2 Å². The van der Waals surface area contributed by atoms with E-state index in [0.717, 1.165) is 11.3 Å². The predicted octanol–water partition coefficient (Wildman–Crippen LogP) is 3.27. The van der Waals surface area contributed by atoms with Gasteiger partial charge in [-0.2, -0.15) is 5.10 Å². The van der Waals surface area contributed by atoms with Gasteiger partial charge in [0.05, 0.1) is 13.7 Å². The molecule has 3 aromatic rings. The summed E-state index contributed by atoms with van der Waals surface area (Å²) in [4.78, 5) is 27.3. The highest BCUT2D eigenvalue weighted by Gasteiger charge is 2.29. The first kappa shape index (κ1) is 19.5. The lowest BCUT2D eigenvalue weighted by molar-refractivity contribution is 0.101. The topological polar surface area (TPSA) is 88.5 Å². The third kappa shape index (κ3) is 3.98. The van der Waals surface area contributed by atoms with E-state index < -0.39 is 0 Å². The van der Waals surface area contributed by atoms with Crippen LogP contribution in [-0.2, 0) is 20.0 Å². The van der Waals surface area contributed by atoms with Crippen LogP contribution in [0.1, 0.15) is 21.7 Å². The lowest BCUT2D eigenvalue weighted by Crippen LogP contribution is -2.39. The maximum atomic E-state index is 12.8. The number of carbonyl (C=O) groups is 2. The second kappa shape index (κ2) is 8.28. The average molecular weight is 405 g/mol. The number of aromatic nitrogens is 2. The summed E-state index contributed by atoms with van der Waals surface area (Å²) in [5.74, 6) is 0.383. The minimum atomic E-state index is -0.284.